The van der Waals surface area contributed by atoms with Crippen LogP contribution in [0.2, 0.25) is 0 Å². The van der Waals surface area contributed by atoms with Gasteiger partial charge >= 0.3 is 0 Å². The third kappa shape index (κ3) is 12.3. The van der Waals surface area contributed by atoms with Crippen molar-refractivity contribution in [3.05, 3.63) is 359 Å². The Balaban J connectivity index is 0.680. The third-order valence-corrected chi connectivity index (χ3v) is 20.5. The van der Waals surface area contributed by atoms with Gasteiger partial charge in [0.25, 0.3) is 0 Å². The van der Waals surface area contributed by atoms with Crippen LogP contribution >= 0.6 is 0 Å². The summed E-state index contributed by atoms with van der Waals surface area (Å²) in [6.07, 6.45) is 9.03. The molecule has 2 aliphatic rings. The van der Waals surface area contributed by atoms with E-state index in [1.165, 1.54) is 111 Å². The van der Waals surface area contributed by atoms with Crippen LogP contribution in [0.1, 0.15) is 125 Å². The van der Waals surface area contributed by atoms with E-state index < -0.39 is 0 Å². The maximum Gasteiger partial charge on any atom is 0.0473 e. The van der Waals surface area contributed by atoms with E-state index in [0.717, 1.165) is 45.3 Å². The van der Waals surface area contributed by atoms with Crippen LogP contribution in [-0.4, -0.2) is 0 Å². The molecule has 2 heteroatoms. The number of anilines is 6. The monoisotopic (exact) mass is 1260 g/mol. The number of benzene rings is 13. The molecule has 15 rings (SSSR count). The van der Waals surface area contributed by atoms with Gasteiger partial charge in [0.05, 0.1) is 0 Å². The Morgan fingerprint density at radius 2 is 0.480 bits per heavy atom. The molecule has 0 N–H and O–H groups in total. The summed E-state index contributed by atoms with van der Waals surface area (Å²) in [5, 5.41) is 0. The topological polar surface area (TPSA) is 6.48 Å². The largest absolute Gasteiger partial charge is 0.310 e. The van der Waals surface area contributed by atoms with Gasteiger partial charge < -0.3 is 9.80 Å². The van der Waals surface area contributed by atoms with Gasteiger partial charge in [-0.1, -0.05) is 312 Å². The van der Waals surface area contributed by atoms with Gasteiger partial charge in [-0.2, -0.15) is 0 Å². The van der Waals surface area contributed by atoms with Gasteiger partial charge in [0.1, 0.15) is 0 Å². The van der Waals surface area contributed by atoms with E-state index in [4.69, 9.17) is 0 Å². The molecular formula is C96H84N2. The standard InChI is InChI=1S/C96H84N2/c1-93(2,3)77-41-45-79(46-42-77)97(83-59-73(69-23-15-11-16-24-69)57-74(60-83)70-25-17-12-18-26-70)81-49-53-87-85-51-39-67(55-89(85)95(7,8)91(87)63-81)37-35-65-31-33-66(34-32-65)36-38-68-40-52-86-88-54-50-82(64-92(88)96(9,10)90(86)56-68)98(80-47-43-78(44-48-80)94(4,5)6)84-61-75(71-27-19-13-20-28-71)58-76(62-84)72-29-21-14-22-30-72/h11-64H,1-10H3/b37-35+,38-36+. The summed E-state index contributed by atoms with van der Waals surface area (Å²) in [7, 11) is 0. The van der Waals surface area contributed by atoms with E-state index in [2.05, 4.69) is 407 Å². The van der Waals surface area contributed by atoms with Crippen molar-refractivity contribution < 1.29 is 0 Å². The molecule has 98 heavy (non-hydrogen) atoms. The lowest BCUT2D eigenvalue weighted by molar-refractivity contribution is 0.590. The van der Waals surface area contributed by atoms with Crippen molar-refractivity contribution in [2.75, 3.05) is 9.80 Å². The van der Waals surface area contributed by atoms with Gasteiger partial charge in [0.15, 0.2) is 0 Å². The van der Waals surface area contributed by atoms with Crippen LogP contribution in [-0.2, 0) is 21.7 Å². The molecule has 0 fully saturated rings. The minimum Gasteiger partial charge on any atom is -0.310 e. The Morgan fingerprint density at radius 1 is 0.224 bits per heavy atom. The molecule has 2 nitrogen and oxygen atoms in total. The van der Waals surface area contributed by atoms with E-state index in [-0.39, 0.29) is 21.7 Å². The predicted octanol–water partition coefficient (Wildman–Crippen LogP) is 26.8. The van der Waals surface area contributed by atoms with E-state index in [1.807, 2.05) is 0 Å². The minimum atomic E-state index is -0.240. The Kier molecular flexibility index (Phi) is 16.2. The van der Waals surface area contributed by atoms with Crippen molar-refractivity contribution in [1.82, 2.24) is 0 Å². The average molecular weight is 1270 g/mol. The van der Waals surface area contributed by atoms with Crippen LogP contribution in [0.25, 0.3) is 91.1 Å². The highest BCUT2D eigenvalue weighted by molar-refractivity contribution is 5.92. The molecule has 0 amide bonds. The maximum atomic E-state index is 2.46. The SMILES string of the molecule is CC(C)(C)c1ccc(N(c2cc(-c3ccccc3)cc(-c3ccccc3)c2)c2ccc3c(c2)C(C)(C)c2cc(/C=C/c4ccc(/C=C/c5ccc6c(c5)C(C)(C)c5cc(N(c7ccc(C(C)(C)C)cc7)c7cc(-c8ccccc8)cc(-c8ccccc8)c7)ccc5-6)cc4)ccc2-3)cc1. The Labute approximate surface area is 581 Å². The molecule has 0 heterocycles. The zero-order chi connectivity index (χ0) is 67.5. The minimum absolute atomic E-state index is 0.0319. The number of fused-ring (bicyclic) bond motifs is 6. The number of nitrogens with zero attached hydrogens (tertiary/aromatic N) is 2. The molecule has 13 aromatic rings. The summed E-state index contributed by atoms with van der Waals surface area (Å²) in [4.78, 5) is 4.91. The van der Waals surface area contributed by atoms with E-state index in [1.54, 1.807) is 0 Å². The molecule has 0 unspecified atom stereocenters. The van der Waals surface area contributed by atoms with Crippen molar-refractivity contribution in [3.63, 3.8) is 0 Å². The second-order valence-corrected chi connectivity index (χ2v) is 29.9. The Bertz CT molecular complexity index is 4710. The highest BCUT2D eigenvalue weighted by Crippen LogP contribution is 2.54. The highest BCUT2D eigenvalue weighted by atomic mass is 15.1. The molecule has 2 aliphatic carbocycles. The summed E-state index contributed by atoms with van der Waals surface area (Å²) < 4.78 is 0. The molecule has 0 radical (unpaired) electrons. The number of hydrogen-bond acceptors (Lipinski definition) is 2. The zero-order valence-corrected chi connectivity index (χ0v) is 58.1. The summed E-state index contributed by atoms with van der Waals surface area (Å²) in [5.74, 6) is 0. The van der Waals surface area contributed by atoms with Crippen molar-refractivity contribution in [2.24, 2.45) is 0 Å². The van der Waals surface area contributed by atoms with Gasteiger partial charge in [-0.25, -0.2) is 0 Å². The zero-order valence-electron chi connectivity index (χ0n) is 58.1. The molecule has 0 aromatic heterocycles. The second-order valence-electron chi connectivity index (χ2n) is 29.9. The first-order valence-electron chi connectivity index (χ1n) is 34.7. The van der Waals surface area contributed by atoms with Gasteiger partial charge in [0.2, 0.25) is 0 Å². The maximum absolute atomic E-state index is 2.46. The first-order valence-corrected chi connectivity index (χ1v) is 34.7. The van der Waals surface area contributed by atoms with E-state index in [9.17, 15) is 0 Å². The van der Waals surface area contributed by atoms with Crippen molar-refractivity contribution in [2.45, 2.75) is 90.9 Å². The fourth-order valence-corrected chi connectivity index (χ4v) is 14.9. The van der Waals surface area contributed by atoms with Crippen LogP contribution in [0.3, 0.4) is 0 Å². The fraction of sp³-hybridized carbons (Fsp3) is 0.146. The number of rotatable bonds is 14. The quantitative estimate of drug-likeness (QED) is 0.100. The van der Waals surface area contributed by atoms with Gasteiger partial charge in [-0.05, 0) is 218 Å². The lowest BCUT2D eigenvalue weighted by atomic mass is 9.81. The number of hydrogen-bond donors (Lipinski definition) is 0. The normalized spacial score (nSPS) is 13.5. The van der Waals surface area contributed by atoms with Crippen LogP contribution < -0.4 is 9.80 Å². The first kappa shape index (κ1) is 63.0. The van der Waals surface area contributed by atoms with Gasteiger partial charge in [-0.3, -0.25) is 0 Å². The lowest BCUT2D eigenvalue weighted by Gasteiger charge is -2.30. The van der Waals surface area contributed by atoms with E-state index >= 15 is 0 Å². The van der Waals surface area contributed by atoms with Crippen molar-refractivity contribution in [1.29, 1.82) is 0 Å². The Hall–Kier alpha value is -11.1. The predicted molar refractivity (Wildman–Crippen MR) is 421 cm³/mol. The molecule has 0 aliphatic heterocycles. The smallest absolute Gasteiger partial charge is 0.0473 e. The van der Waals surface area contributed by atoms with Crippen LogP contribution in [0, 0.1) is 0 Å². The molecular weight excluding hydrogens is 1180 g/mol. The summed E-state index contributed by atoms with van der Waals surface area (Å²) in [6.45, 7) is 23.3. The summed E-state index contributed by atoms with van der Waals surface area (Å²) in [5.41, 5.74) is 33.7. The summed E-state index contributed by atoms with van der Waals surface area (Å²) >= 11 is 0. The average Bonchev–Trinajstić information content (AvgIpc) is 1.57. The molecule has 0 saturated carbocycles. The van der Waals surface area contributed by atoms with Crippen molar-refractivity contribution >= 4 is 58.4 Å². The van der Waals surface area contributed by atoms with Crippen LogP contribution in [0.4, 0.5) is 34.1 Å². The fourth-order valence-electron chi connectivity index (χ4n) is 14.9. The molecule has 0 spiro atoms. The van der Waals surface area contributed by atoms with Gasteiger partial charge in [0, 0.05) is 45.0 Å². The van der Waals surface area contributed by atoms with Crippen LogP contribution in [0.15, 0.2) is 303 Å². The third-order valence-electron chi connectivity index (χ3n) is 20.5. The highest BCUT2D eigenvalue weighted by Gasteiger charge is 2.38. The molecule has 478 valence electrons. The molecule has 0 saturated heterocycles. The van der Waals surface area contributed by atoms with Gasteiger partial charge in [-0.15, -0.1) is 0 Å². The summed E-state index contributed by atoms with van der Waals surface area (Å²) in [6, 6.07) is 113. The van der Waals surface area contributed by atoms with Crippen molar-refractivity contribution in [3.8, 4) is 66.8 Å². The first-order chi connectivity index (χ1) is 47.3. The lowest BCUT2D eigenvalue weighted by Crippen LogP contribution is -2.17. The Morgan fingerprint density at radius 3 is 0.776 bits per heavy atom. The molecule has 0 bridgehead atoms. The second kappa shape index (κ2) is 25.2. The van der Waals surface area contributed by atoms with E-state index in [0.29, 0.717) is 0 Å². The van der Waals surface area contributed by atoms with Crippen LogP contribution in [0.5, 0.6) is 0 Å². The molecule has 13 aromatic carbocycles. The molecule has 0 atom stereocenters.